The van der Waals surface area contributed by atoms with Crippen LogP contribution in [0.5, 0.6) is 5.75 Å². The van der Waals surface area contributed by atoms with Crippen molar-refractivity contribution in [1.82, 2.24) is 29.4 Å². The maximum atomic E-state index is 6.13. The van der Waals surface area contributed by atoms with Crippen molar-refractivity contribution in [3.05, 3.63) is 42.0 Å². The van der Waals surface area contributed by atoms with Crippen molar-refractivity contribution in [3.63, 3.8) is 0 Å². The number of anilines is 1. The van der Waals surface area contributed by atoms with Crippen LogP contribution in [-0.2, 0) is 6.54 Å². The van der Waals surface area contributed by atoms with Crippen LogP contribution in [0.3, 0.4) is 0 Å². The second-order valence-corrected chi connectivity index (χ2v) is 6.61. The van der Waals surface area contributed by atoms with E-state index >= 15 is 0 Å². The summed E-state index contributed by atoms with van der Waals surface area (Å²) in [5.74, 6) is 2.51. The number of nitrogen functional groups attached to an aromatic ring is 1. The summed E-state index contributed by atoms with van der Waals surface area (Å²) in [6, 6.07) is 5.76. The number of aryl methyl sites for hydroxylation is 1. The lowest BCUT2D eigenvalue weighted by molar-refractivity contribution is 0.419. The van der Waals surface area contributed by atoms with Crippen LogP contribution in [-0.4, -0.2) is 36.5 Å². The number of methoxy groups -OCH3 is 1. The molecule has 1 saturated carbocycles. The van der Waals surface area contributed by atoms with Crippen molar-refractivity contribution in [2.75, 3.05) is 12.8 Å². The fourth-order valence-corrected chi connectivity index (χ4v) is 3.56. The number of rotatable bonds is 4. The third-order valence-electron chi connectivity index (χ3n) is 5.05. The fourth-order valence-electron chi connectivity index (χ4n) is 3.56. The lowest BCUT2D eigenvalue weighted by Gasteiger charge is -2.06. The van der Waals surface area contributed by atoms with Crippen LogP contribution in [0.1, 0.15) is 36.6 Å². The highest BCUT2D eigenvalue weighted by molar-refractivity contribution is 5.95. The van der Waals surface area contributed by atoms with Crippen molar-refractivity contribution < 1.29 is 4.74 Å². The third-order valence-corrected chi connectivity index (χ3v) is 5.05. The van der Waals surface area contributed by atoms with E-state index in [1.165, 1.54) is 5.56 Å². The Hall–Kier alpha value is -3.16. The monoisotopic (exact) mass is 349 g/mol. The Bertz CT molecular complexity index is 1130. The van der Waals surface area contributed by atoms with Gasteiger partial charge in [-0.15, -0.1) is 5.10 Å². The van der Waals surface area contributed by atoms with Crippen LogP contribution in [0, 0.1) is 0 Å². The Labute approximate surface area is 149 Å². The molecular formula is C18H19N7O. The van der Waals surface area contributed by atoms with Gasteiger partial charge in [0.2, 0.25) is 5.95 Å². The molecule has 2 atom stereocenters. The standard InChI is InChI=1S/C18H19N7O/c1-3-24-9-10(8-20-24)12-7-13(12)16-22-17-11-5-4-6-14(26-2)15(11)21-18(19)25(17)23-16/h4-6,8-9,12-13H,3,7H2,1-2H3,(H2,19,21). The summed E-state index contributed by atoms with van der Waals surface area (Å²) >= 11 is 0. The van der Waals surface area contributed by atoms with Crippen LogP contribution in [0.15, 0.2) is 30.6 Å². The molecule has 2 N–H and O–H groups in total. The Morgan fingerprint density at radius 3 is 2.92 bits per heavy atom. The molecule has 0 radical (unpaired) electrons. The van der Waals surface area contributed by atoms with Crippen molar-refractivity contribution in [3.8, 4) is 5.75 Å². The van der Waals surface area contributed by atoms with E-state index in [1.54, 1.807) is 11.6 Å². The van der Waals surface area contributed by atoms with Crippen LogP contribution in [0.2, 0.25) is 0 Å². The molecule has 5 rings (SSSR count). The average molecular weight is 349 g/mol. The average Bonchev–Trinajstić information content (AvgIpc) is 3.11. The molecule has 8 heteroatoms. The first-order chi connectivity index (χ1) is 12.7. The summed E-state index contributed by atoms with van der Waals surface area (Å²) < 4.78 is 8.98. The van der Waals surface area contributed by atoms with Crippen LogP contribution >= 0.6 is 0 Å². The topological polar surface area (TPSA) is 96.1 Å². The van der Waals surface area contributed by atoms with E-state index in [0.717, 1.165) is 29.8 Å². The second kappa shape index (κ2) is 5.42. The molecule has 0 spiro atoms. The molecule has 3 heterocycles. The Morgan fingerprint density at radius 1 is 1.27 bits per heavy atom. The molecule has 3 aromatic heterocycles. The van der Waals surface area contributed by atoms with Crippen molar-refractivity contribution >= 4 is 22.5 Å². The van der Waals surface area contributed by atoms with E-state index < -0.39 is 0 Å². The number of fused-ring (bicyclic) bond motifs is 3. The largest absolute Gasteiger partial charge is 0.494 e. The maximum absolute atomic E-state index is 6.13. The first kappa shape index (κ1) is 15.1. The second-order valence-electron chi connectivity index (χ2n) is 6.61. The molecule has 0 aliphatic heterocycles. The number of nitrogens with two attached hydrogens (primary N) is 1. The van der Waals surface area contributed by atoms with Gasteiger partial charge in [0.15, 0.2) is 11.5 Å². The predicted octanol–water partition coefficient (Wildman–Crippen LogP) is 2.36. The zero-order valence-electron chi connectivity index (χ0n) is 14.6. The molecular weight excluding hydrogens is 330 g/mol. The van der Waals surface area contributed by atoms with Gasteiger partial charge >= 0.3 is 0 Å². The molecule has 1 aromatic carbocycles. The summed E-state index contributed by atoms with van der Waals surface area (Å²) in [6.45, 7) is 2.96. The number of para-hydroxylation sites is 1. The smallest absolute Gasteiger partial charge is 0.223 e. The highest BCUT2D eigenvalue weighted by Gasteiger charge is 2.43. The molecule has 1 fully saturated rings. The summed E-state index contributed by atoms with van der Waals surface area (Å²) in [5.41, 5.74) is 8.79. The van der Waals surface area contributed by atoms with Gasteiger partial charge in [-0.2, -0.15) is 9.61 Å². The van der Waals surface area contributed by atoms with Gasteiger partial charge in [-0.3, -0.25) is 4.68 Å². The van der Waals surface area contributed by atoms with E-state index in [-0.39, 0.29) is 0 Å². The molecule has 2 unspecified atom stereocenters. The Kier molecular flexibility index (Phi) is 3.15. The molecule has 8 nitrogen and oxygen atoms in total. The SMILES string of the molecule is CCn1cc(C2CC2c2nc3c4cccc(OC)c4nc(N)n3n2)cn1. The third kappa shape index (κ3) is 2.15. The van der Waals surface area contributed by atoms with Crippen molar-refractivity contribution in [2.45, 2.75) is 31.7 Å². The molecule has 26 heavy (non-hydrogen) atoms. The molecule has 0 saturated heterocycles. The van der Waals surface area contributed by atoms with Crippen molar-refractivity contribution in [2.24, 2.45) is 0 Å². The quantitative estimate of drug-likeness (QED) is 0.607. The van der Waals surface area contributed by atoms with E-state index in [0.29, 0.717) is 29.1 Å². The van der Waals surface area contributed by atoms with Gasteiger partial charge in [0, 0.05) is 24.0 Å². The van der Waals surface area contributed by atoms with Gasteiger partial charge in [-0.25, -0.2) is 9.97 Å². The summed E-state index contributed by atoms with van der Waals surface area (Å²) in [4.78, 5) is 9.25. The van der Waals surface area contributed by atoms with Crippen LogP contribution in [0.25, 0.3) is 16.6 Å². The van der Waals surface area contributed by atoms with Gasteiger partial charge in [0.25, 0.3) is 0 Å². The molecule has 0 amide bonds. The summed E-state index contributed by atoms with van der Waals surface area (Å²) in [6.07, 6.45) is 5.08. The lowest BCUT2D eigenvalue weighted by atomic mass is 10.2. The number of hydrogen-bond acceptors (Lipinski definition) is 6. The van der Waals surface area contributed by atoms with Gasteiger partial charge in [-0.1, -0.05) is 6.07 Å². The van der Waals surface area contributed by atoms with Gasteiger partial charge < -0.3 is 10.5 Å². The maximum Gasteiger partial charge on any atom is 0.223 e. The van der Waals surface area contributed by atoms with Gasteiger partial charge in [-0.05, 0) is 37.0 Å². The predicted molar refractivity (Wildman–Crippen MR) is 97.3 cm³/mol. The molecule has 132 valence electrons. The number of aromatic nitrogens is 6. The normalized spacial score (nSPS) is 19.3. The van der Waals surface area contributed by atoms with Crippen LogP contribution < -0.4 is 10.5 Å². The van der Waals surface area contributed by atoms with E-state index in [2.05, 4.69) is 28.3 Å². The summed E-state index contributed by atoms with van der Waals surface area (Å²) in [7, 11) is 1.62. The lowest BCUT2D eigenvalue weighted by Crippen LogP contribution is -2.03. The minimum atomic E-state index is 0.296. The number of nitrogens with zero attached hydrogens (tertiary/aromatic N) is 6. The zero-order valence-corrected chi connectivity index (χ0v) is 14.6. The molecule has 4 aromatic rings. The van der Waals surface area contributed by atoms with E-state index in [4.69, 9.17) is 15.5 Å². The fraction of sp³-hybridized carbons (Fsp3) is 0.333. The van der Waals surface area contributed by atoms with Gasteiger partial charge in [0.1, 0.15) is 11.3 Å². The number of ether oxygens (including phenoxy) is 1. The first-order valence-electron chi connectivity index (χ1n) is 8.70. The van der Waals surface area contributed by atoms with E-state index in [1.807, 2.05) is 29.1 Å². The van der Waals surface area contributed by atoms with Crippen LogP contribution in [0.4, 0.5) is 5.95 Å². The highest BCUT2D eigenvalue weighted by Crippen LogP contribution is 2.53. The Morgan fingerprint density at radius 2 is 2.15 bits per heavy atom. The van der Waals surface area contributed by atoms with Crippen molar-refractivity contribution in [1.29, 1.82) is 0 Å². The number of benzene rings is 1. The van der Waals surface area contributed by atoms with Gasteiger partial charge in [0.05, 0.1) is 13.3 Å². The molecule has 1 aliphatic rings. The Balaban J connectivity index is 1.58. The molecule has 1 aliphatic carbocycles. The number of hydrogen-bond donors (Lipinski definition) is 1. The summed E-state index contributed by atoms with van der Waals surface area (Å²) in [5, 5.41) is 9.88. The zero-order chi connectivity index (χ0) is 17.8. The first-order valence-corrected chi connectivity index (χ1v) is 8.70. The minimum Gasteiger partial charge on any atom is -0.494 e. The van der Waals surface area contributed by atoms with E-state index in [9.17, 15) is 0 Å². The molecule has 0 bridgehead atoms. The minimum absolute atomic E-state index is 0.296. The highest BCUT2D eigenvalue weighted by atomic mass is 16.5.